The van der Waals surface area contributed by atoms with Crippen molar-refractivity contribution in [1.82, 2.24) is 10.2 Å². The maximum atomic E-state index is 6.18. The highest BCUT2D eigenvalue weighted by atomic mass is 35.5. The van der Waals surface area contributed by atoms with Crippen LogP contribution in [0.2, 0.25) is 10.0 Å². The van der Waals surface area contributed by atoms with E-state index in [4.69, 9.17) is 23.2 Å². The fourth-order valence-corrected chi connectivity index (χ4v) is 2.40. The van der Waals surface area contributed by atoms with Crippen molar-refractivity contribution in [3.05, 3.63) is 33.8 Å². The maximum Gasteiger partial charge on any atom is 0.0454 e. The van der Waals surface area contributed by atoms with Gasteiger partial charge in [0.15, 0.2) is 0 Å². The number of benzene rings is 1. The van der Waals surface area contributed by atoms with Gasteiger partial charge in [0.2, 0.25) is 0 Å². The van der Waals surface area contributed by atoms with Crippen LogP contribution in [0.5, 0.6) is 0 Å². The fraction of sp³-hybridized carbons (Fsp3) is 0.571. The average molecular weight is 289 g/mol. The lowest BCUT2D eigenvalue weighted by molar-refractivity contribution is 0.298. The minimum atomic E-state index is 0.215. The lowest BCUT2D eigenvalue weighted by Gasteiger charge is -2.21. The summed E-state index contributed by atoms with van der Waals surface area (Å²) in [4.78, 5) is 2.39. The zero-order chi connectivity index (χ0) is 13.5. The van der Waals surface area contributed by atoms with Crippen LogP contribution in [-0.4, -0.2) is 31.1 Å². The minimum absolute atomic E-state index is 0.215. The normalized spacial score (nSPS) is 13.0. The fourth-order valence-electron chi connectivity index (χ4n) is 1.94. The van der Waals surface area contributed by atoms with E-state index in [1.807, 2.05) is 18.2 Å². The third-order valence-electron chi connectivity index (χ3n) is 3.20. The second-order valence-electron chi connectivity index (χ2n) is 4.37. The Morgan fingerprint density at radius 2 is 1.89 bits per heavy atom. The Morgan fingerprint density at radius 3 is 2.50 bits per heavy atom. The third-order valence-corrected chi connectivity index (χ3v) is 3.78. The zero-order valence-corrected chi connectivity index (χ0v) is 12.9. The monoisotopic (exact) mass is 288 g/mol. The number of likely N-dealkylation sites (N-methyl/N-ethyl adjacent to an activating group) is 1. The van der Waals surface area contributed by atoms with Crippen LogP contribution >= 0.6 is 23.2 Å². The van der Waals surface area contributed by atoms with Gasteiger partial charge in [-0.3, -0.25) is 0 Å². The molecule has 1 N–H and O–H groups in total. The number of hydrogen-bond donors (Lipinski definition) is 1. The second-order valence-corrected chi connectivity index (χ2v) is 5.21. The van der Waals surface area contributed by atoms with Crippen molar-refractivity contribution in [2.24, 2.45) is 0 Å². The van der Waals surface area contributed by atoms with Gasteiger partial charge in [0.1, 0.15) is 0 Å². The predicted molar refractivity (Wildman–Crippen MR) is 80.7 cm³/mol. The van der Waals surface area contributed by atoms with Gasteiger partial charge in [-0.2, -0.15) is 0 Å². The summed E-state index contributed by atoms with van der Waals surface area (Å²) in [6.07, 6.45) is 0. The summed E-state index contributed by atoms with van der Waals surface area (Å²) >= 11 is 12.2. The highest BCUT2D eigenvalue weighted by Crippen LogP contribution is 2.25. The summed E-state index contributed by atoms with van der Waals surface area (Å²) in [5, 5.41) is 4.98. The molecule has 0 aliphatic rings. The van der Waals surface area contributed by atoms with Gasteiger partial charge in [-0.25, -0.2) is 0 Å². The molecule has 0 bridgehead atoms. The van der Waals surface area contributed by atoms with E-state index in [9.17, 15) is 0 Å². The molecule has 0 aliphatic heterocycles. The molecule has 0 saturated heterocycles. The maximum absolute atomic E-state index is 6.18. The SMILES string of the molecule is CCN(CC)CCNC(C)c1cc(Cl)ccc1Cl. The lowest BCUT2D eigenvalue weighted by Crippen LogP contribution is -2.33. The van der Waals surface area contributed by atoms with Crippen molar-refractivity contribution in [2.45, 2.75) is 26.8 Å². The molecule has 0 saturated carbocycles. The smallest absolute Gasteiger partial charge is 0.0454 e. The van der Waals surface area contributed by atoms with Crippen LogP contribution in [0.1, 0.15) is 32.4 Å². The number of nitrogens with one attached hydrogen (secondary N) is 1. The summed E-state index contributed by atoms with van der Waals surface area (Å²) in [7, 11) is 0. The number of nitrogens with zero attached hydrogens (tertiary/aromatic N) is 1. The first-order valence-corrected chi connectivity index (χ1v) is 7.24. The lowest BCUT2D eigenvalue weighted by atomic mass is 10.1. The van der Waals surface area contributed by atoms with E-state index in [1.165, 1.54) is 0 Å². The molecule has 0 amide bonds. The molecule has 18 heavy (non-hydrogen) atoms. The van der Waals surface area contributed by atoms with E-state index >= 15 is 0 Å². The number of hydrogen-bond acceptors (Lipinski definition) is 2. The topological polar surface area (TPSA) is 15.3 Å². The van der Waals surface area contributed by atoms with Crippen molar-refractivity contribution in [2.75, 3.05) is 26.2 Å². The largest absolute Gasteiger partial charge is 0.309 e. The third kappa shape index (κ3) is 4.77. The van der Waals surface area contributed by atoms with Crippen LogP contribution in [-0.2, 0) is 0 Å². The van der Waals surface area contributed by atoms with Gasteiger partial charge in [-0.1, -0.05) is 37.0 Å². The highest BCUT2D eigenvalue weighted by molar-refractivity contribution is 6.33. The van der Waals surface area contributed by atoms with Gasteiger partial charge < -0.3 is 10.2 Å². The van der Waals surface area contributed by atoms with Gasteiger partial charge in [-0.15, -0.1) is 0 Å². The summed E-state index contributed by atoms with van der Waals surface area (Å²) in [5.74, 6) is 0. The van der Waals surface area contributed by atoms with Crippen molar-refractivity contribution < 1.29 is 0 Å². The van der Waals surface area contributed by atoms with E-state index in [2.05, 4.69) is 31.0 Å². The van der Waals surface area contributed by atoms with E-state index in [1.54, 1.807) is 0 Å². The molecule has 1 rings (SSSR count). The molecule has 4 heteroatoms. The number of halogens is 2. The van der Waals surface area contributed by atoms with E-state index in [-0.39, 0.29) is 6.04 Å². The molecule has 1 aromatic rings. The van der Waals surface area contributed by atoms with Gasteiger partial charge in [-0.05, 0) is 43.8 Å². The summed E-state index contributed by atoms with van der Waals surface area (Å²) < 4.78 is 0. The number of rotatable bonds is 7. The molecule has 0 spiro atoms. The van der Waals surface area contributed by atoms with Crippen molar-refractivity contribution in [1.29, 1.82) is 0 Å². The molecule has 1 atom stereocenters. The van der Waals surface area contributed by atoms with Gasteiger partial charge in [0.25, 0.3) is 0 Å². The first kappa shape index (κ1) is 15.8. The van der Waals surface area contributed by atoms with Crippen LogP contribution in [0.25, 0.3) is 0 Å². The summed E-state index contributed by atoms with van der Waals surface area (Å²) in [5.41, 5.74) is 1.06. The van der Waals surface area contributed by atoms with Crippen LogP contribution in [0.15, 0.2) is 18.2 Å². The first-order valence-electron chi connectivity index (χ1n) is 6.49. The quantitative estimate of drug-likeness (QED) is 0.816. The molecule has 0 aliphatic carbocycles. The Bertz CT molecular complexity index is 365. The molecule has 0 fully saturated rings. The summed E-state index contributed by atoms with van der Waals surface area (Å²) in [6, 6.07) is 5.81. The molecule has 102 valence electrons. The second kappa shape index (κ2) is 8.00. The molecular weight excluding hydrogens is 267 g/mol. The molecule has 0 radical (unpaired) electrons. The average Bonchev–Trinajstić information content (AvgIpc) is 2.37. The standard InChI is InChI=1S/C14H22Cl2N2/c1-4-18(5-2)9-8-17-11(3)13-10-12(15)6-7-14(13)16/h6-7,10-11,17H,4-5,8-9H2,1-3H3. The highest BCUT2D eigenvalue weighted by Gasteiger charge is 2.10. The van der Waals surface area contributed by atoms with Crippen LogP contribution in [0, 0.1) is 0 Å². The molecule has 2 nitrogen and oxygen atoms in total. The Morgan fingerprint density at radius 1 is 1.22 bits per heavy atom. The summed E-state index contributed by atoms with van der Waals surface area (Å²) in [6.45, 7) is 10.7. The molecule has 1 aromatic carbocycles. The Balaban J connectivity index is 2.50. The molecular formula is C14H22Cl2N2. The van der Waals surface area contributed by atoms with Gasteiger partial charge >= 0.3 is 0 Å². The Hall–Kier alpha value is -0.280. The van der Waals surface area contributed by atoms with Crippen molar-refractivity contribution in [3.63, 3.8) is 0 Å². The predicted octanol–water partition coefficient (Wildman–Crippen LogP) is 3.99. The van der Waals surface area contributed by atoms with Crippen molar-refractivity contribution in [3.8, 4) is 0 Å². The van der Waals surface area contributed by atoms with Crippen molar-refractivity contribution >= 4 is 23.2 Å². The van der Waals surface area contributed by atoms with Gasteiger partial charge in [0.05, 0.1) is 0 Å². The molecule has 0 heterocycles. The Labute approximate surface area is 120 Å². The Kier molecular flexibility index (Phi) is 7.02. The van der Waals surface area contributed by atoms with E-state index in [0.717, 1.165) is 41.8 Å². The van der Waals surface area contributed by atoms with E-state index < -0.39 is 0 Å². The van der Waals surface area contributed by atoms with Crippen LogP contribution in [0.4, 0.5) is 0 Å². The minimum Gasteiger partial charge on any atom is -0.309 e. The molecule has 1 unspecified atom stereocenters. The van der Waals surface area contributed by atoms with Gasteiger partial charge in [0, 0.05) is 29.2 Å². The van der Waals surface area contributed by atoms with Crippen LogP contribution in [0.3, 0.4) is 0 Å². The zero-order valence-electron chi connectivity index (χ0n) is 11.3. The van der Waals surface area contributed by atoms with Crippen LogP contribution < -0.4 is 5.32 Å². The molecule has 0 aromatic heterocycles. The first-order chi connectivity index (χ1) is 8.58. The van der Waals surface area contributed by atoms with E-state index in [0.29, 0.717) is 0 Å².